The summed E-state index contributed by atoms with van der Waals surface area (Å²) in [6.07, 6.45) is 3.49. The summed E-state index contributed by atoms with van der Waals surface area (Å²) < 4.78 is 31.0. The molecule has 2 amide bonds. The monoisotopic (exact) mass is 472 g/mol. The Kier molecular flexibility index (Phi) is 9.33. The number of nitrogens with two attached hydrogens (primary N) is 1. The van der Waals surface area contributed by atoms with Gasteiger partial charge in [0.25, 0.3) is 16.0 Å². The average molecular weight is 473 g/mol. The van der Waals surface area contributed by atoms with Crippen molar-refractivity contribution in [3.63, 3.8) is 0 Å². The fraction of sp³-hybridized carbons (Fsp3) is 0.136. The van der Waals surface area contributed by atoms with Crippen molar-refractivity contribution in [3.8, 4) is 0 Å². The quantitative estimate of drug-likeness (QED) is 0.315. The van der Waals surface area contributed by atoms with Crippen LogP contribution in [0.3, 0.4) is 0 Å². The van der Waals surface area contributed by atoms with Crippen LogP contribution in [0.2, 0.25) is 0 Å². The molecule has 174 valence electrons. The van der Waals surface area contributed by atoms with Crippen molar-refractivity contribution in [2.24, 2.45) is 0 Å². The molecule has 0 spiro atoms. The molecule has 0 saturated carbocycles. The molecule has 10 nitrogen and oxygen atoms in total. The molecule has 0 aliphatic rings. The maximum atomic E-state index is 12.3. The Bertz CT molecular complexity index is 1160. The summed E-state index contributed by atoms with van der Waals surface area (Å²) >= 11 is 0. The number of pyridine rings is 1. The highest BCUT2D eigenvalue weighted by Crippen LogP contribution is 2.18. The fourth-order valence-corrected chi connectivity index (χ4v) is 2.44. The van der Waals surface area contributed by atoms with Crippen molar-refractivity contribution in [3.05, 3.63) is 89.7 Å². The van der Waals surface area contributed by atoms with E-state index in [4.69, 9.17) is 15.0 Å². The van der Waals surface area contributed by atoms with Crippen LogP contribution in [0.1, 0.15) is 21.5 Å². The molecule has 0 aliphatic heterocycles. The molecule has 1 heterocycles. The van der Waals surface area contributed by atoms with Crippen molar-refractivity contribution < 1.29 is 27.3 Å². The first kappa shape index (κ1) is 25.3. The third kappa shape index (κ3) is 10.3. The van der Waals surface area contributed by atoms with Gasteiger partial charge >= 0.3 is 6.09 Å². The molecular formula is C22H24N4O6S. The van der Waals surface area contributed by atoms with Gasteiger partial charge in [0.05, 0.1) is 17.6 Å². The summed E-state index contributed by atoms with van der Waals surface area (Å²) in [7, 11) is -3.67. The van der Waals surface area contributed by atoms with Gasteiger partial charge in [0, 0.05) is 30.1 Å². The van der Waals surface area contributed by atoms with Crippen molar-refractivity contribution in [2.75, 3.05) is 17.3 Å². The van der Waals surface area contributed by atoms with E-state index in [-0.39, 0.29) is 12.5 Å². The molecule has 0 atom stereocenters. The highest BCUT2D eigenvalue weighted by Gasteiger charge is 2.08. The number of para-hydroxylation sites is 2. The second-order valence-electron chi connectivity index (χ2n) is 6.76. The summed E-state index contributed by atoms with van der Waals surface area (Å²) in [6, 6.07) is 17.6. The van der Waals surface area contributed by atoms with Crippen LogP contribution in [0.25, 0.3) is 0 Å². The summed E-state index contributed by atoms with van der Waals surface area (Å²) in [5, 5.41) is 5.44. The molecule has 0 aliphatic carbocycles. The number of nitrogen functional groups attached to an aromatic ring is 1. The second-order valence-corrected chi connectivity index (χ2v) is 8.23. The minimum absolute atomic E-state index is 0.154. The van der Waals surface area contributed by atoms with E-state index in [0.29, 0.717) is 29.7 Å². The van der Waals surface area contributed by atoms with Crippen LogP contribution in [0.5, 0.6) is 0 Å². The minimum atomic E-state index is -3.67. The predicted octanol–water partition coefficient (Wildman–Crippen LogP) is 2.85. The van der Waals surface area contributed by atoms with Crippen molar-refractivity contribution in [1.82, 2.24) is 10.3 Å². The number of aromatic nitrogens is 1. The number of rotatable bonds is 6. The van der Waals surface area contributed by atoms with Gasteiger partial charge in [0.15, 0.2) is 0 Å². The maximum absolute atomic E-state index is 12.3. The minimum Gasteiger partial charge on any atom is -0.445 e. The molecule has 0 fully saturated rings. The van der Waals surface area contributed by atoms with Gasteiger partial charge in [-0.15, -0.1) is 0 Å². The fourth-order valence-electron chi connectivity index (χ4n) is 2.44. The maximum Gasteiger partial charge on any atom is 0.407 e. The van der Waals surface area contributed by atoms with E-state index in [1.165, 1.54) is 0 Å². The first-order valence-electron chi connectivity index (χ1n) is 9.58. The van der Waals surface area contributed by atoms with Crippen LogP contribution >= 0.6 is 0 Å². The first-order chi connectivity index (χ1) is 15.6. The number of carbonyl (C=O) groups excluding carboxylic acids is 2. The lowest BCUT2D eigenvalue weighted by molar-refractivity contribution is 0.102. The Labute approximate surface area is 191 Å². The SMILES string of the molecule is CS(=O)(=O)O.Nc1ccccc1NC(=O)c1ccc(CNC(=O)OCc2cccnc2)cc1. The number of nitrogens with one attached hydrogen (secondary N) is 2. The van der Waals surface area contributed by atoms with E-state index in [1.807, 2.05) is 6.07 Å². The highest BCUT2D eigenvalue weighted by atomic mass is 32.2. The van der Waals surface area contributed by atoms with Gasteiger partial charge in [-0.2, -0.15) is 8.42 Å². The molecule has 5 N–H and O–H groups in total. The molecule has 3 rings (SSSR count). The third-order valence-corrected chi connectivity index (χ3v) is 3.95. The van der Waals surface area contributed by atoms with Crippen LogP contribution in [0.4, 0.5) is 16.2 Å². The van der Waals surface area contributed by atoms with Gasteiger partial charge in [0.1, 0.15) is 6.61 Å². The van der Waals surface area contributed by atoms with E-state index in [9.17, 15) is 18.0 Å². The lowest BCUT2D eigenvalue weighted by Gasteiger charge is -2.09. The van der Waals surface area contributed by atoms with Gasteiger partial charge in [-0.25, -0.2) is 4.79 Å². The molecule has 0 radical (unpaired) electrons. The van der Waals surface area contributed by atoms with E-state index in [0.717, 1.165) is 11.1 Å². The van der Waals surface area contributed by atoms with E-state index >= 15 is 0 Å². The lowest BCUT2D eigenvalue weighted by Crippen LogP contribution is -2.23. The zero-order chi connectivity index (χ0) is 24.3. The molecule has 0 bridgehead atoms. The predicted molar refractivity (Wildman–Crippen MR) is 124 cm³/mol. The number of hydrogen-bond donors (Lipinski definition) is 4. The molecule has 0 unspecified atom stereocenters. The molecular weight excluding hydrogens is 448 g/mol. The second kappa shape index (κ2) is 12.2. The average Bonchev–Trinajstić information content (AvgIpc) is 2.78. The van der Waals surface area contributed by atoms with Crippen LogP contribution in [0, 0.1) is 0 Å². The highest BCUT2D eigenvalue weighted by molar-refractivity contribution is 7.85. The topological polar surface area (TPSA) is 161 Å². The molecule has 3 aromatic rings. The number of ether oxygens (including phenoxy) is 1. The van der Waals surface area contributed by atoms with Crippen LogP contribution < -0.4 is 16.4 Å². The molecule has 0 saturated heterocycles. The van der Waals surface area contributed by atoms with E-state index < -0.39 is 16.2 Å². The number of benzene rings is 2. The molecule has 2 aromatic carbocycles. The smallest absolute Gasteiger partial charge is 0.407 e. The van der Waals surface area contributed by atoms with Crippen molar-refractivity contribution in [1.29, 1.82) is 0 Å². The molecule has 11 heteroatoms. The Morgan fingerprint density at radius 3 is 2.30 bits per heavy atom. The number of anilines is 2. The van der Waals surface area contributed by atoms with Gasteiger partial charge in [-0.05, 0) is 35.9 Å². The number of carbonyl (C=O) groups is 2. The Morgan fingerprint density at radius 1 is 1.03 bits per heavy atom. The van der Waals surface area contributed by atoms with Gasteiger partial charge in [0.2, 0.25) is 0 Å². The van der Waals surface area contributed by atoms with Gasteiger partial charge < -0.3 is 21.1 Å². The van der Waals surface area contributed by atoms with Crippen LogP contribution in [-0.2, 0) is 28.0 Å². The molecule has 33 heavy (non-hydrogen) atoms. The third-order valence-electron chi connectivity index (χ3n) is 3.95. The zero-order valence-electron chi connectivity index (χ0n) is 17.8. The number of nitrogens with zero attached hydrogens (tertiary/aromatic N) is 1. The lowest BCUT2D eigenvalue weighted by atomic mass is 10.1. The number of hydrogen-bond acceptors (Lipinski definition) is 7. The molecule has 1 aromatic heterocycles. The number of alkyl carbamates (subject to hydrolysis) is 1. The zero-order valence-corrected chi connectivity index (χ0v) is 18.6. The summed E-state index contributed by atoms with van der Waals surface area (Å²) in [5.74, 6) is -0.256. The normalized spacial score (nSPS) is 10.4. The van der Waals surface area contributed by atoms with Gasteiger partial charge in [-0.1, -0.05) is 30.3 Å². The van der Waals surface area contributed by atoms with Crippen LogP contribution in [-0.4, -0.2) is 36.2 Å². The van der Waals surface area contributed by atoms with Crippen molar-refractivity contribution >= 4 is 33.5 Å². The standard InChI is InChI=1S/C21H20N4O3.CH4O3S/c22-18-5-1-2-6-19(18)25-20(26)17-9-7-15(8-10-17)13-24-21(27)28-14-16-4-3-11-23-12-16;1-5(2,3)4/h1-12H,13-14,22H2,(H,24,27)(H,25,26);1H3,(H,2,3,4). The van der Waals surface area contributed by atoms with E-state index in [1.54, 1.807) is 67.0 Å². The Morgan fingerprint density at radius 2 is 1.70 bits per heavy atom. The summed E-state index contributed by atoms with van der Waals surface area (Å²) in [5.41, 5.74) is 9.04. The first-order valence-corrected chi connectivity index (χ1v) is 11.4. The van der Waals surface area contributed by atoms with E-state index in [2.05, 4.69) is 15.6 Å². The largest absolute Gasteiger partial charge is 0.445 e. The van der Waals surface area contributed by atoms with Gasteiger partial charge in [-0.3, -0.25) is 14.3 Å². The summed E-state index contributed by atoms with van der Waals surface area (Å²) in [6.45, 7) is 0.445. The van der Waals surface area contributed by atoms with Crippen molar-refractivity contribution in [2.45, 2.75) is 13.2 Å². The Balaban J connectivity index is 0.000000696. The number of amides is 2. The van der Waals surface area contributed by atoms with Crippen LogP contribution in [0.15, 0.2) is 73.1 Å². The summed E-state index contributed by atoms with van der Waals surface area (Å²) in [4.78, 5) is 28.0. The Hall–Kier alpha value is -3.96.